The summed E-state index contributed by atoms with van der Waals surface area (Å²) in [4.78, 5) is 7.29. The van der Waals surface area contributed by atoms with E-state index in [2.05, 4.69) is 114 Å². The molecule has 8 heteroatoms. The quantitative estimate of drug-likeness (QED) is 0.166. The van der Waals surface area contributed by atoms with Crippen LogP contribution in [0.1, 0.15) is 33.3 Å². The Hall–Kier alpha value is -2.26. The third-order valence-electron chi connectivity index (χ3n) is 5.67. The fourth-order valence-corrected chi connectivity index (χ4v) is 4.47. The van der Waals surface area contributed by atoms with E-state index in [0.717, 1.165) is 60.9 Å². The Labute approximate surface area is 219 Å². The maximum absolute atomic E-state index is 4.84. The van der Waals surface area contributed by atoms with E-state index in [1.165, 1.54) is 5.56 Å². The number of aromatic amines is 1. The average molecular weight is 509 g/mol. The number of nitrogens with one attached hydrogen (secondary N) is 2. The first-order chi connectivity index (χ1) is 16.6. The largest absolute Gasteiger partial charge is 0.314 e. The lowest BCUT2D eigenvalue weighted by Gasteiger charge is -2.30. The summed E-state index contributed by atoms with van der Waals surface area (Å²) in [5.74, 6) is 0. The van der Waals surface area contributed by atoms with Gasteiger partial charge in [-0.05, 0) is 45.4 Å². The van der Waals surface area contributed by atoms with Crippen LogP contribution in [0.15, 0.2) is 61.1 Å². The second-order valence-electron chi connectivity index (χ2n) is 10.5. The van der Waals surface area contributed by atoms with Crippen molar-refractivity contribution in [1.82, 2.24) is 29.8 Å². The molecule has 0 fully saturated rings. The monoisotopic (exact) mass is 508 g/mol. The number of aromatic nitrogens is 4. The van der Waals surface area contributed by atoms with Crippen molar-refractivity contribution in [2.24, 2.45) is 0 Å². The molecule has 0 radical (unpaired) electrons. The van der Waals surface area contributed by atoms with Crippen molar-refractivity contribution < 1.29 is 0 Å². The van der Waals surface area contributed by atoms with Gasteiger partial charge in [-0.1, -0.05) is 30.3 Å². The Kier molecular flexibility index (Phi) is 7.96. The minimum Gasteiger partial charge on any atom is -0.314 e. The lowest BCUT2D eigenvalue weighted by atomic mass is 10.1. The third-order valence-corrected chi connectivity index (χ3v) is 5.97. The summed E-state index contributed by atoms with van der Waals surface area (Å²) in [7, 11) is 0. The van der Waals surface area contributed by atoms with Gasteiger partial charge in [0.05, 0.1) is 11.4 Å². The zero-order valence-electron chi connectivity index (χ0n) is 21.0. The summed E-state index contributed by atoms with van der Waals surface area (Å²) >= 11 is 9.39. The number of hydrogen-bond donors (Lipinski definition) is 4. The third kappa shape index (κ3) is 7.61. The van der Waals surface area contributed by atoms with Gasteiger partial charge in [0.1, 0.15) is 5.65 Å². The van der Waals surface area contributed by atoms with Gasteiger partial charge in [0.15, 0.2) is 0 Å². The Morgan fingerprint density at radius 2 is 1.63 bits per heavy atom. The predicted octanol–water partition coefficient (Wildman–Crippen LogP) is 5.20. The Morgan fingerprint density at radius 3 is 2.26 bits per heavy atom. The minimum atomic E-state index is -0.0722. The number of fused-ring (bicyclic) bond motifs is 1. The number of nitrogens with zero attached hydrogens (tertiary/aromatic N) is 4. The number of imidazole rings is 1. The highest BCUT2D eigenvalue weighted by Gasteiger charge is 2.18. The molecule has 1 aromatic carbocycles. The van der Waals surface area contributed by atoms with E-state index in [4.69, 9.17) is 17.6 Å². The van der Waals surface area contributed by atoms with E-state index in [1.807, 2.05) is 12.3 Å². The molecule has 4 rings (SSSR count). The summed E-state index contributed by atoms with van der Waals surface area (Å²) in [6, 6.07) is 14.6. The van der Waals surface area contributed by atoms with Gasteiger partial charge in [0, 0.05) is 71.9 Å². The molecule has 0 saturated carbocycles. The molecular formula is C27H36N6S2. The number of benzene rings is 1. The van der Waals surface area contributed by atoms with Gasteiger partial charge in [-0.3, -0.25) is 10.00 Å². The number of hydrogen-bond acceptors (Lipinski definition) is 6. The van der Waals surface area contributed by atoms with Crippen LogP contribution in [0.2, 0.25) is 0 Å². The first kappa shape index (κ1) is 25.8. The van der Waals surface area contributed by atoms with Gasteiger partial charge < -0.3 is 9.72 Å². The molecule has 0 aliphatic heterocycles. The Bertz CT molecular complexity index is 1220. The van der Waals surface area contributed by atoms with Crippen LogP contribution < -0.4 is 5.32 Å². The standard InChI is InChI=1S/C27H36N6S2/c1-26(2,34)18-28-13-14-32(19-27(3,4)35)15-20-5-10-25-30-24(17-33(25)16-20)22-8-6-21(7-9-22)23-11-12-29-31-23/h5-12,16-17,28,34-35H,13-15,18-19H2,1-4H3,(H,29,31). The molecule has 4 aromatic rings. The summed E-state index contributed by atoms with van der Waals surface area (Å²) in [5.41, 5.74) is 6.27. The molecular weight excluding hydrogens is 472 g/mol. The predicted molar refractivity (Wildman–Crippen MR) is 152 cm³/mol. The lowest BCUT2D eigenvalue weighted by Crippen LogP contribution is -2.41. The molecule has 2 N–H and O–H groups in total. The molecule has 0 saturated heterocycles. The number of pyridine rings is 1. The van der Waals surface area contributed by atoms with Crippen LogP contribution in [0.25, 0.3) is 28.2 Å². The van der Waals surface area contributed by atoms with Crippen molar-refractivity contribution in [3.05, 3.63) is 66.6 Å². The van der Waals surface area contributed by atoms with Crippen LogP contribution in [-0.4, -0.2) is 60.2 Å². The Morgan fingerprint density at radius 1 is 0.914 bits per heavy atom. The zero-order valence-corrected chi connectivity index (χ0v) is 22.8. The molecule has 0 amide bonds. The van der Waals surface area contributed by atoms with Crippen LogP contribution in [0.5, 0.6) is 0 Å². The highest BCUT2D eigenvalue weighted by Crippen LogP contribution is 2.24. The van der Waals surface area contributed by atoms with Crippen LogP contribution in [0.3, 0.4) is 0 Å². The van der Waals surface area contributed by atoms with Gasteiger partial charge >= 0.3 is 0 Å². The van der Waals surface area contributed by atoms with E-state index in [-0.39, 0.29) is 9.49 Å². The van der Waals surface area contributed by atoms with Gasteiger partial charge in [-0.2, -0.15) is 30.4 Å². The van der Waals surface area contributed by atoms with Crippen molar-refractivity contribution in [2.45, 2.75) is 43.7 Å². The summed E-state index contributed by atoms with van der Waals surface area (Å²) in [6.45, 7) is 13.1. The van der Waals surface area contributed by atoms with E-state index in [1.54, 1.807) is 0 Å². The molecule has 3 heterocycles. The maximum atomic E-state index is 4.84. The zero-order chi connectivity index (χ0) is 25.1. The van der Waals surface area contributed by atoms with Crippen molar-refractivity contribution in [2.75, 3.05) is 26.2 Å². The smallest absolute Gasteiger partial charge is 0.137 e. The molecule has 0 aliphatic carbocycles. The molecule has 6 nitrogen and oxygen atoms in total. The topological polar surface area (TPSA) is 61.2 Å². The molecule has 0 aliphatic rings. The lowest BCUT2D eigenvalue weighted by molar-refractivity contribution is 0.247. The van der Waals surface area contributed by atoms with Gasteiger partial charge in [0.25, 0.3) is 0 Å². The van der Waals surface area contributed by atoms with Crippen molar-refractivity contribution >= 4 is 30.9 Å². The fraction of sp³-hybridized carbons (Fsp3) is 0.407. The van der Waals surface area contributed by atoms with Crippen molar-refractivity contribution in [3.8, 4) is 22.5 Å². The molecule has 0 bridgehead atoms. The molecule has 3 aromatic heterocycles. The van der Waals surface area contributed by atoms with Crippen molar-refractivity contribution in [3.63, 3.8) is 0 Å². The SMILES string of the molecule is CC(C)(S)CNCCN(Cc1ccc2nc(-c3ccc(-c4cc[nH]n4)cc3)cn2c1)CC(C)(C)S. The van der Waals surface area contributed by atoms with Gasteiger partial charge in [0.2, 0.25) is 0 Å². The van der Waals surface area contributed by atoms with Crippen LogP contribution in [0.4, 0.5) is 0 Å². The van der Waals surface area contributed by atoms with Gasteiger partial charge in [-0.25, -0.2) is 4.98 Å². The normalized spacial score (nSPS) is 12.7. The molecule has 186 valence electrons. The highest BCUT2D eigenvalue weighted by atomic mass is 32.1. The fourth-order valence-electron chi connectivity index (χ4n) is 4.15. The number of H-pyrrole nitrogens is 1. The number of thiol groups is 2. The molecule has 0 spiro atoms. The van der Waals surface area contributed by atoms with E-state index in [9.17, 15) is 0 Å². The average Bonchev–Trinajstić information content (AvgIpc) is 3.45. The van der Waals surface area contributed by atoms with Crippen LogP contribution in [0, 0.1) is 0 Å². The van der Waals surface area contributed by atoms with Crippen molar-refractivity contribution in [1.29, 1.82) is 0 Å². The molecule has 0 atom stereocenters. The van der Waals surface area contributed by atoms with E-state index >= 15 is 0 Å². The van der Waals surface area contributed by atoms with Gasteiger partial charge in [-0.15, -0.1) is 0 Å². The minimum absolute atomic E-state index is 0.0168. The van der Waals surface area contributed by atoms with Crippen LogP contribution >= 0.6 is 25.3 Å². The second kappa shape index (κ2) is 10.8. The maximum Gasteiger partial charge on any atom is 0.137 e. The first-order valence-corrected chi connectivity index (χ1v) is 12.9. The molecule has 0 unspecified atom stereocenters. The summed E-state index contributed by atoms with van der Waals surface area (Å²) in [6.07, 6.45) is 6.12. The summed E-state index contributed by atoms with van der Waals surface area (Å²) in [5, 5.41) is 10.6. The molecule has 35 heavy (non-hydrogen) atoms. The van der Waals surface area contributed by atoms with E-state index in [0.29, 0.717) is 0 Å². The number of rotatable bonds is 11. The second-order valence-corrected chi connectivity index (χ2v) is 12.9. The summed E-state index contributed by atoms with van der Waals surface area (Å²) < 4.78 is 2.03. The van der Waals surface area contributed by atoms with Crippen LogP contribution in [-0.2, 0) is 6.54 Å². The highest BCUT2D eigenvalue weighted by molar-refractivity contribution is 7.82. The van der Waals surface area contributed by atoms with E-state index < -0.39 is 0 Å². The Balaban J connectivity index is 1.46. The first-order valence-electron chi connectivity index (χ1n) is 12.0.